The average Bonchev–Trinajstić information content (AvgIpc) is 3.37. The van der Waals surface area contributed by atoms with Crippen LogP contribution >= 0.6 is 0 Å². The highest BCUT2D eigenvalue weighted by Crippen LogP contribution is 2.28. The van der Waals surface area contributed by atoms with Crippen molar-refractivity contribution >= 4 is 23.2 Å². The van der Waals surface area contributed by atoms with Crippen LogP contribution in [0.25, 0.3) is 11.7 Å². The quantitative estimate of drug-likeness (QED) is 0.401. The van der Waals surface area contributed by atoms with Crippen molar-refractivity contribution in [3.05, 3.63) is 69.0 Å². The molecule has 0 atom stereocenters. The van der Waals surface area contributed by atoms with E-state index in [9.17, 15) is 9.90 Å². The van der Waals surface area contributed by atoms with E-state index >= 15 is 0 Å². The number of anilines is 2. The van der Waals surface area contributed by atoms with Crippen LogP contribution in [0.4, 0.5) is 11.5 Å². The van der Waals surface area contributed by atoms with E-state index in [4.69, 9.17) is 9.98 Å². The Morgan fingerprint density at radius 2 is 2.20 bits per heavy atom. The minimum atomic E-state index is -0.481. The number of benzene rings is 1. The Labute approximate surface area is 170 Å². The van der Waals surface area contributed by atoms with E-state index in [0.717, 1.165) is 17.8 Å². The van der Waals surface area contributed by atoms with E-state index in [1.54, 1.807) is 16.8 Å². The third-order valence-electron chi connectivity index (χ3n) is 5.01. The number of nitrogens with zero attached hydrogens (tertiary/aromatic N) is 4. The number of aryl methyl sites for hydroxylation is 1. The molecule has 0 amide bonds. The van der Waals surface area contributed by atoms with Gasteiger partial charge in [-0.3, -0.25) is 9.98 Å². The van der Waals surface area contributed by atoms with Gasteiger partial charge in [-0.2, -0.15) is 9.61 Å². The van der Waals surface area contributed by atoms with E-state index in [0.29, 0.717) is 28.1 Å². The first kappa shape index (κ1) is 18.2. The number of aromatic nitrogens is 5. The van der Waals surface area contributed by atoms with Gasteiger partial charge in [0.25, 0.3) is 0 Å². The molecule has 1 fully saturated rings. The summed E-state index contributed by atoms with van der Waals surface area (Å²) in [6.07, 6.45) is 5.69. The molecule has 4 aromatic rings. The van der Waals surface area contributed by atoms with Crippen LogP contribution < -0.4 is 21.7 Å². The Morgan fingerprint density at radius 3 is 2.93 bits per heavy atom. The zero-order valence-corrected chi connectivity index (χ0v) is 16.4. The number of rotatable bonds is 5. The molecule has 1 aliphatic rings. The van der Waals surface area contributed by atoms with E-state index in [-0.39, 0.29) is 11.6 Å². The second-order valence-electron chi connectivity index (χ2n) is 7.60. The smallest absolute Gasteiger partial charge is 0.326 e. The normalized spacial score (nSPS) is 15.2. The Balaban J connectivity index is 1.66. The van der Waals surface area contributed by atoms with Gasteiger partial charge in [0.15, 0.2) is 11.1 Å². The van der Waals surface area contributed by atoms with Crippen molar-refractivity contribution in [2.24, 2.45) is 10.9 Å². The van der Waals surface area contributed by atoms with Gasteiger partial charge in [-0.25, -0.2) is 9.78 Å². The van der Waals surface area contributed by atoms with Crippen molar-refractivity contribution in [3.8, 4) is 5.88 Å². The molecule has 1 aromatic carbocycles. The van der Waals surface area contributed by atoms with Gasteiger partial charge in [-0.05, 0) is 49.5 Å². The molecule has 3 heterocycles. The van der Waals surface area contributed by atoms with Crippen LogP contribution in [0.1, 0.15) is 24.1 Å². The molecule has 9 heteroatoms. The molecular formula is C21H21N7O2. The highest BCUT2D eigenvalue weighted by Gasteiger charge is 2.20. The molecule has 152 valence electrons. The Kier molecular flexibility index (Phi) is 4.35. The number of aromatic amines is 2. The standard InChI is InChI=1S/C21H21N7O2/c1-12-3-2-4-15(7-12)24-17-9-18(22-10-13-5-6-13)28-19(26-17)14(11-23-28)8-16-20(29)27-21(30)25-16/h2-4,7-9,11,13,24,29H,5-6,10H2,1H3,(H2,25,27,30). The van der Waals surface area contributed by atoms with Gasteiger partial charge < -0.3 is 15.4 Å². The predicted molar refractivity (Wildman–Crippen MR) is 112 cm³/mol. The largest absolute Gasteiger partial charge is 0.493 e. The average molecular weight is 403 g/mol. The summed E-state index contributed by atoms with van der Waals surface area (Å²) in [5.74, 6) is 1.06. The second kappa shape index (κ2) is 7.18. The van der Waals surface area contributed by atoms with Crippen molar-refractivity contribution in [2.75, 3.05) is 11.9 Å². The van der Waals surface area contributed by atoms with E-state index in [1.165, 1.54) is 12.8 Å². The van der Waals surface area contributed by atoms with Gasteiger partial charge in [-0.15, -0.1) is 0 Å². The van der Waals surface area contributed by atoms with Crippen LogP contribution in [-0.4, -0.2) is 36.2 Å². The molecular weight excluding hydrogens is 382 g/mol. The molecule has 1 aliphatic carbocycles. The first-order valence-corrected chi connectivity index (χ1v) is 9.81. The van der Waals surface area contributed by atoms with Crippen molar-refractivity contribution in [2.45, 2.75) is 19.8 Å². The number of hydrogen-bond donors (Lipinski definition) is 4. The molecule has 0 saturated heterocycles. The van der Waals surface area contributed by atoms with Gasteiger partial charge in [0.05, 0.1) is 6.20 Å². The lowest BCUT2D eigenvalue weighted by molar-refractivity contribution is 0.454. The molecule has 5 rings (SSSR count). The van der Waals surface area contributed by atoms with Crippen molar-refractivity contribution in [1.82, 2.24) is 24.6 Å². The fourth-order valence-electron chi connectivity index (χ4n) is 3.28. The third kappa shape index (κ3) is 3.69. The van der Waals surface area contributed by atoms with E-state index in [1.807, 2.05) is 37.3 Å². The van der Waals surface area contributed by atoms with Crippen LogP contribution in [-0.2, 0) is 0 Å². The number of aromatic hydroxyl groups is 1. The number of nitrogens with one attached hydrogen (secondary N) is 3. The molecule has 3 aromatic heterocycles. The predicted octanol–water partition coefficient (Wildman–Crippen LogP) is 1.36. The highest BCUT2D eigenvalue weighted by atomic mass is 16.3. The van der Waals surface area contributed by atoms with Gasteiger partial charge in [0, 0.05) is 23.5 Å². The summed E-state index contributed by atoms with van der Waals surface area (Å²) in [5.41, 5.74) is 3.13. The maximum atomic E-state index is 11.4. The van der Waals surface area contributed by atoms with E-state index in [2.05, 4.69) is 20.4 Å². The van der Waals surface area contributed by atoms with Gasteiger partial charge in [0.2, 0.25) is 5.88 Å². The number of fused-ring (bicyclic) bond motifs is 1. The van der Waals surface area contributed by atoms with Crippen LogP contribution in [0.2, 0.25) is 0 Å². The van der Waals surface area contributed by atoms with Crippen LogP contribution in [0.3, 0.4) is 0 Å². The Hall–Kier alpha value is -3.88. The fraction of sp³-hybridized carbons (Fsp3) is 0.238. The van der Waals surface area contributed by atoms with Crippen LogP contribution in [0, 0.1) is 12.8 Å². The van der Waals surface area contributed by atoms with Gasteiger partial charge >= 0.3 is 5.69 Å². The van der Waals surface area contributed by atoms with Gasteiger partial charge in [0.1, 0.15) is 11.5 Å². The number of imidazole rings is 1. The number of hydrogen-bond acceptors (Lipinski definition) is 6. The summed E-state index contributed by atoms with van der Waals surface area (Å²) < 4.78 is 1.68. The molecule has 0 bridgehead atoms. The monoisotopic (exact) mass is 403 g/mol. The van der Waals surface area contributed by atoms with Crippen LogP contribution in [0.5, 0.6) is 5.88 Å². The summed E-state index contributed by atoms with van der Waals surface area (Å²) in [7, 11) is 0. The molecule has 0 radical (unpaired) electrons. The molecule has 0 unspecified atom stereocenters. The topological polar surface area (TPSA) is 123 Å². The van der Waals surface area contributed by atoms with Crippen molar-refractivity contribution in [3.63, 3.8) is 0 Å². The fourth-order valence-corrected chi connectivity index (χ4v) is 3.28. The first-order chi connectivity index (χ1) is 14.5. The maximum absolute atomic E-state index is 11.4. The molecule has 30 heavy (non-hydrogen) atoms. The lowest BCUT2D eigenvalue weighted by Gasteiger charge is -2.07. The molecule has 0 aliphatic heterocycles. The number of H-pyrrole nitrogens is 2. The third-order valence-corrected chi connectivity index (χ3v) is 5.01. The zero-order valence-electron chi connectivity index (χ0n) is 16.4. The molecule has 9 nitrogen and oxygen atoms in total. The first-order valence-electron chi connectivity index (χ1n) is 9.81. The van der Waals surface area contributed by atoms with Gasteiger partial charge in [-0.1, -0.05) is 12.1 Å². The minimum absolute atomic E-state index is 0.230. The lowest BCUT2D eigenvalue weighted by atomic mass is 10.2. The second-order valence-corrected chi connectivity index (χ2v) is 7.60. The Bertz CT molecular complexity index is 1410. The zero-order chi connectivity index (χ0) is 20.7. The maximum Gasteiger partial charge on any atom is 0.326 e. The summed E-state index contributed by atoms with van der Waals surface area (Å²) >= 11 is 0. The molecule has 4 N–H and O–H groups in total. The molecule has 0 spiro atoms. The lowest BCUT2D eigenvalue weighted by Crippen LogP contribution is -2.20. The summed E-state index contributed by atoms with van der Waals surface area (Å²) in [6.45, 7) is 2.79. The highest BCUT2D eigenvalue weighted by molar-refractivity contribution is 5.61. The minimum Gasteiger partial charge on any atom is -0.493 e. The summed E-state index contributed by atoms with van der Waals surface area (Å²) in [5, 5.41) is 18.3. The summed E-state index contributed by atoms with van der Waals surface area (Å²) in [6, 6.07) is 9.92. The molecule has 1 saturated carbocycles. The van der Waals surface area contributed by atoms with Crippen molar-refractivity contribution in [1.29, 1.82) is 0 Å². The van der Waals surface area contributed by atoms with E-state index < -0.39 is 5.69 Å². The summed E-state index contributed by atoms with van der Waals surface area (Å²) in [4.78, 5) is 25.8. The Morgan fingerprint density at radius 1 is 1.33 bits per heavy atom. The van der Waals surface area contributed by atoms with Crippen molar-refractivity contribution < 1.29 is 5.11 Å². The SMILES string of the molecule is Cc1cccc(Nc2cc(=NCC3CC3)n3ncc(=Cc4[nH]c(=O)[nH]c4O)c3n2)c1. The van der Waals surface area contributed by atoms with Crippen LogP contribution in [0.15, 0.2) is 46.3 Å².